The van der Waals surface area contributed by atoms with E-state index in [9.17, 15) is 9.59 Å². The lowest BCUT2D eigenvalue weighted by molar-refractivity contribution is -0.121. The average Bonchev–Trinajstić information content (AvgIpc) is 2.50. The predicted molar refractivity (Wildman–Crippen MR) is 78.4 cm³/mol. The van der Waals surface area contributed by atoms with Gasteiger partial charge in [-0.25, -0.2) is 0 Å². The van der Waals surface area contributed by atoms with Crippen molar-refractivity contribution in [2.24, 2.45) is 5.92 Å². The molecule has 1 heterocycles. The van der Waals surface area contributed by atoms with E-state index in [1.54, 1.807) is 7.05 Å². The van der Waals surface area contributed by atoms with Gasteiger partial charge in [0.05, 0.1) is 12.3 Å². The van der Waals surface area contributed by atoms with Crippen molar-refractivity contribution in [2.75, 3.05) is 25.5 Å². The molecule has 0 saturated carbocycles. The van der Waals surface area contributed by atoms with Crippen LogP contribution in [0, 0.1) is 5.92 Å². The summed E-state index contributed by atoms with van der Waals surface area (Å²) < 4.78 is 0. The van der Waals surface area contributed by atoms with Gasteiger partial charge < -0.3 is 16.0 Å². The highest BCUT2D eigenvalue weighted by Gasteiger charge is 2.20. The Morgan fingerprint density at radius 3 is 2.65 bits per heavy atom. The molecule has 2 rings (SSSR count). The molecule has 2 amide bonds. The highest BCUT2D eigenvalue weighted by molar-refractivity contribution is 5.92. The summed E-state index contributed by atoms with van der Waals surface area (Å²) in [6, 6.07) is 7.41. The smallest absolute Gasteiger partial charge is 0.228 e. The van der Waals surface area contributed by atoms with E-state index < -0.39 is 0 Å². The molecule has 0 spiro atoms. The van der Waals surface area contributed by atoms with Crippen molar-refractivity contribution in [1.82, 2.24) is 10.6 Å². The Morgan fingerprint density at radius 2 is 2.05 bits per heavy atom. The first-order valence-corrected chi connectivity index (χ1v) is 7.00. The lowest BCUT2D eigenvalue weighted by Gasteiger charge is -2.21. The number of benzene rings is 1. The van der Waals surface area contributed by atoms with Gasteiger partial charge in [0.25, 0.3) is 0 Å². The van der Waals surface area contributed by atoms with Crippen molar-refractivity contribution in [3.63, 3.8) is 0 Å². The van der Waals surface area contributed by atoms with E-state index in [1.165, 1.54) is 0 Å². The van der Waals surface area contributed by atoms with E-state index in [-0.39, 0.29) is 17.7 Å². The first-order valence-electron chi connectivity index (χ1n) is 7.00. The third-order valence-corrected chi connectivity index (χ3v) is 3.53. The molecule has 0 bridgehead atoms. The molecule has 0 aromatic heterocycles. The van der Waals surface area contributed by atoms with E-state index in [0.717, 1.165) is 37.2 Å². The largest absolute Gasteiger partial charge is 0.359 e. The van der Waals surface area contributed by atoms with Crippen LogP contribution in [0.2, 0.25) is 0 Å². The predicted octanol–water partition coefficient (Wildman–Crippen LogP) is 0.913. The number of carbonyl (C=O) groups excluding carboxylic acids is 2. The zero-order valence-electron chi connectivity index (χ0n) is 11.7. The van der Waals surface area contributed by atoms with Crippen LogP contribution in [0.15, 0.2) is 24.3 Å². The number of anilines is 1. The molecule has 108 valence electrons. The van der Waals surface area contributed by atoms with Crippen LogP contribution in [-0.2, 0) is 16.0 Å². The van der Waals surface area contributed by atoms with Crippen LogP contribution in [0.5, 0.6) is 0 Å². The number of carbonyl (C=O) groups is 2. The van der Waals surface area contributed by atoms with Crippen molar-refractivity contribution in [3.05, 3.63) is 29.8 Å². The standard InChI is InChI=1S/C15H21N3O2/c1-16-14(19)9-11-4-6-13(7-5-11)18-15(20)12-3-2-8-17-10-12/h4-7,12,17H,2-3,8-10H2,1H3,(H,16,19)(H,18,20)/t12-/m1/s1. The zero-order valence-corrected chi connectivity index (χ0v) is 11.7. The van der Waals surface area contributed by atoms with Gasteiger partial charge in [-0.15, -0.1) is 0 Å². The van der Waals surface area contributed by atoms with Crippen molar-refractivity contribution < 1.29 is 9.59 Å². The Hall–Kier alpha value is -1.88. The van der Waals surface area contributed by atoms with Crippen LogP contribution < -0.4 is 16.0 Å². The third-order valence-electron chi connectivity index (χ3n) is 3.53. The minimum atomic E-state index is -0.0185. The monoisotopic (exact) mass is 275 g/mol. The summed E-state index contributed by atoms with van der Waals surface area (Å²) in [6.45, 7) is 1.75. The number of nitrogens with one attached hydrogen (secondary N) is 3. The summed E-state index contributed by atoms with van der Waals surface area (Å²) in [4.78, 5) is 23.3. The Kier molecular flexibility index (Phi) is 5.12. The maximum absolute atomic E-state index is 12.1. The molecular formula is C15H21N3O2. The van der Waals surface area contributed by atoms with Gasteiger partial charge in [-0.05, 0) is 37.1 Å². The number of rotatable bonds is 4. The van der Waals surface area contributed by atoms with Gasteiger partial charge in [-0.3, -0.25) is 9.59 Å². The second kappa shape index (κ2) is 7.05. The first kappa shape index (κ1) is 14.5. The topological polar surface area (TPSA) is 70.2 Å². The fraction of sp³-hybridized carbons (Fsp3) is 0.467. The van der Waals surface area contributed by atoms with E-state index in [1.807, 2.05) is 24.3 Å². The SMILES string of the molecule is CNC(=O)Cc1ccc(NC(=O)[C@@H]2CCCNC2)cc1. The maximum atomic E-state index is 12.1. The van der Waals surface area contributed by atoms with Gasteiger partial charge in [-0.2, -0.15) is 0 Å². The molecule has 0 aliphatic carbocycles. The molecule has 3 N–H and O–H groups in total. The van der Waals surface area contributed by atoms with Crippen LogP contribution in [0.1, 0.15) is 18.4 Å². The molecule has 1 aliphatic heterocycles. The minimum Gasteiger partial charge on any atom is -0.359 e. The summed E-state index contributed by atoms with van der Waals surface area (Å²) in [5.74, 6) is 0.0978. The molecule has 1 saturated heterocycles. The second-order valence-corrected chi connectivity index (χ2v) is 5.08. The van der Waals surface area contributed by atoms with Crippen molar-refractivity contribution in [2.45, 2.75) is 19.3 Å². The fourth-order valence-corrected chi connectivity index (χ4v) is 2.30. The van der Waals surface area contributed by atoms with Crippen LogP contribution in [0.4, 0.5) is 5.69 Å². The molecule has 1 aliphatic rings. The fourth-order valence-electron chi connectivity index (χ4n) is 2.30. The average molecular weight is 275 g/mol. The number of hydrogen-bond donors (Lipinski definition) is 3. The lowest BCUT2D eigenvalue weighted by Crippen LogP contribution is -2.37. The Morgan fingerprint density at radius 1 is 1.30 bits per heavy atom. The van der Waals surface area contributed by atoms with Crippen LogP contribution in [-0.4, -0.2) is 32.0 Å². The van der Waals surface area contributed by atoms with Crippen molar-refractivity contribution in [3.8, 4) is 0 Å². The lowest BCUT2D eigenvalue weighted by atomic mass is 9.99. The molecule has 1 aromatic rings. The number of likely N-dealkylation sites (N-methyl/N-ethyl adjacent to an activating group) is 1. The van der Waals surface area contributed by atoms with Crippen LogP contribution >= 0.6 is 0 Å². The van der Waals surface area contributed by atoms with Crippen LogP contribution in [0.3, 0.4) is 0 Å². The Bertz CT molecular complexity index is 465. The molecule has 0 unspecified atom stereocenters. The molecular weight excluding hydrogens is 254 g/mol. The summed E-state index contributed by atoms with van der Waals surface area (Å²) in [6.07, 6.45) is 2.34. The van der Waals surface area contributed by atoms with Crippen LogP contribution in [0.25, 0.3) is 0 Å². The molecule has 1 aromatic carbocycles. The Balaban J connectivity index is 1.89. The quantitative estimate of drug-likeness (QED) is 0.765. The molecule has 5 heteroatoms. The van der Waals surface area contributed by atoms with Gasteiger partial charge in [0, 0.05) is 19.3 Å². The number of amides is 2. The molecule has 1 fully saturated rings. The molecule has 5 nitrogen and oxygen atoms in total. The highest BCUT2D eigenvalue weighted by Crippen LogP contribution is 2.15. The van der Waals surface area contributed by atoms with E-state index in [4.69, 9.17) is 0 Å². The van der Waals surface area contributed by atoms with E-state index >= 15 is 0 Å². The maximum Gasteiger partial charge on any atom is 0.228 e. The third kappa shape index (κ3) is 4.06. The van der Waals surface area contributed by atoms with Gasteiger partial charge in [0.2, 0.25) is 11.8 Å². The Labute approximate surface area is 119 Å². The number of hydrogen-bond acceptors (Lipinski definition) is 3. The van der Waals surface area contributed by atoms with Gasteiger partial charge >= 0.3 is 0 Å². The van der Waals surface area contributed by atoms with Gasteiger partial charge in [0.1, 0.15) is 0 Å². The van der Waals surface area contributed by atoms with E-state index in [2.05, 4.69) is 16.0 Å². The van der Waals surface area contributed by atoms with Crippen molar-refractivity contribution in [1.29, 1.82) is 0 Å². The molecule has 0 radical (unpaired) electrons. The molecule has 20 heavy (non-hydrogen) atoms. The normalized spacial score (nSPS) is 18.4. The summed E-state index contributed by atoms with van der Waals surface area (Å²) in [5.41, 5.74) is 1.71. The van der Waals surface area contributed by atoms with Gasteiger partial charge in [-0.1, -0.05) is 12.1 Å². The number of piperidine rings is 1. The molecule has 1 atom stereocenters. The van der Waals surface area contributed by atoms with Crippen molar-refractivity contribution >= 4 is 17.5 Å². The zero-order chi connectivity index (χ0) is 14.4. The summed E-state index contributed by atoms with van der Waals surface area (Å²) >= 11 is 0. The minimum absolute atomic E-state index is 0.0185. The highest BCUT2D eigenvalue weighted by atomic mass is 16.2. The second-order valence-electron chi connectivity index (χ2n) is 5.08. The summed E-state index contributed by atoms with van der Waals surface area (Å²) in [7, 11) is 1.62. The summed E-state index contributed by atoms with van der Waals surface area (Å²) in [5, 5.41) is 8.75. The van der Waals surface area contributed by atoms with Gasteiger partial charge in [0.15, 0.2) is 0 Å². The first-order chi connectivity index (χ1) is 9.69. The van der Waals surface area contributed by atoms with E-state index in [0.29, 0.717) is 6.42 Å².